The van der Waals surface area contributed by atoms with Crippen LogP contribution in [-0.2, 0) is 0 Å². The predicted octanol–water partition coefficient (Wildman–Crippen LogP) is 5.22. The molecular weight excluding hydrogens is 430 g/mol. The molecule has 0 saturated heterocycles. The van der Waals surface area contributed by atoms with E-state index in [0.29, 0.717) is 0 Å². The molecular formula is C12H32I2S. The maximum atomic E-state index is 2.66. The van der Waals surface area contributed by atoms with Crippen molar-refractivity contribution in [3.05, 3.63) is 0 Å². The van der Waals surface area contributed by atoms with E-state index in [0.717, 1.165) is 0 Å². The molecule has 0 unspecified atom stereocenters. The fraction of sp³-hybridized carbons (Fsp3) is 1.00. The number of alkyl halides is 6. The average Bonchev–Trinajstić information content (AvgIpc) is 2.33. The third-order valence-electron chi connectivity index (χ3n) is 3.45. The molecule has 0 amide bonds. The Labute approximate surface area is 107 Å². The summed E-state index contributed by atoms with van der Waals surface area (Å²) in [5, 5.41) is 0. The van der Waals surface area contributed by atoms with Gasteiger partial charge < -0.3 is 0 Å². The molecule has 100 valence electrons. The molecule has 0 fully saturated rings. The molecule has 0 radical (unpaired) electrons. The summed E-state index contributed by atoms with van der Waals surface area (Å²) in [7, 11) is 0. The van der Waals surface area contributed by atoms with Crippen molar-refractivity contribution < 1.29 is 0 Å². The van der Waals surface area contributed by atoms with Crippen LogP contribution in [0.5, 0.6) is 0 Å². The summed E-state index contributed by atoms with van der Waals surface area (Å²) in [6.07, 6.45) is 2.66. The van der Waals surface area contributed by atoms with Crippen molar-refractivity contribution in [1.29, 1.82) is 0 Å². The van der Waals surface area contributed by atoms with Crippen LogP contribution in [0.25, 0.3) is 0 Å². The summed E-state index contributed by atoms with van der Waals surface area (Å²) >= 11 is -2.95. The van der Waals surface area contributed by atoms with Gasteiger partial charge in [0.05, 0.1) is 0 Å². The third-order valence-corrected chi connectivity index (χ3v) is 69.6. The zero-order chi connectivity index (χ0) is 11.9. The Morgan fingerprint density at radius 3 is 0.867 bits per heavy atom. The van der Waals surface area contributed by atoms with Gasteiger partial charge in [-0.1, -0.05) is 0 Å². The van der Waals surface area contributed by atoms with E-state index >= 15 is 0 Å². The minimum atomic E-state index is -1.48. The van der Waals surface area contributed by atoms with Crippen molar-refractivity contribution in [3.63, 3.8) is 0 Å². The monoisotopic (exact) mass is 462 g/mol. The molecule has 0 rings (SSSR count). The van der Waals surface area contributed by atoms with Crippen LogP contribution >= 0.6 is 40.2 Å². The quantitative estimate of drug-likeness (QED) is 0.352. The maximum absolute atomic E-state index is 2.66. The molecule has 0 aromatic rings. The van der Waals surface area contributed by atoms with Gasteiger partial charge in [-0.25, -0.2) is 0 Å². The fourth-order valence-electron chi connectivity index (χ4n) is 1.82. The number of hydrogen-bond acceptors (Lipinski definition) is 1. The third kappa shape index (κ3) is 4.53. The van der Waals surface area contributed by atoms with Gasteiger partial charge in [0.2, 0.25) is 0 Å². The van der Waals surface area contributed by atoms with Crippen molar-refractivity contribution in [3.8, 4) is 0 Å². The first-order chi connectivity index (χ1) is 7.07. The van der Waals surface area contributed by atoms with Crippen LogP contribution in [0.3, 0.4) is 0 Å². The fourth-order valence-corrected chi connectivity index (χ4v) is 88.5. The molecule has 0 nitrogen and oxygen atoms in total. The molecule has 0 bridgehead atoms. The summed E-state index contributed by atoms with van der Waals surface area (Å²) in [6, 6.07) is 0. The number of rotatable bonds is 8. The average molecular weight is 462 g/mol. The Bertz CT molecular complexity index is 128. The molecule has 0 aliphatic carbocycles. The van der Waals surface area contributed by atoms with E-state index in [1.807, 2.05) is 0 Å². The molecule has 3 heteroatoms. The van der Waals surface area contributed by atoms with Crippen LogP contribution in [0.15, 0.2) is 0 Å². The van der Waals surface area contributed by atoms with Crippen LogP contribution in [0, 0.1) is 0 Å². The van der Waals surface area contributed by atoms with E-state index in [9.17, 15) is 0 Å². The number of hydrogen-bond donors (Lipinski definition) is 0. The predicted molar refractivity (Wildman–Crippen MR) is 102 cm³/mol. The second-order valence-electron chi connectivity index (χ2n) is 3.73. The molecule has 0 aromatic heterocycles. The standard InChI is InChI=1S/C12H32I2S/c1-7-13(8-2,9-3)15-14(10-4,11-5)12-6/h13-14H,7-12H2,1-6H3. The molecule has 0 aromatic carbocycles. The van der Waals surface area contributed by atoms with Gasteiger partial charge in [-0.3, -0.25) is 0 Å². The van der Waals surface area contributed by atoms with Crippen molar-refractivity contribution in [2.24, 2.45) is 0 Å². The van der Waals surface area contributed by atoms with E-state index in [2.05, 4.69) is 47.6 Å². The Morgan fingerprint density at radius 1 is 0.533 bits per heavy atom. The summed E-state index contributed by atoms with van der Waals surface area (Å²) < 4.78 is 9.30. The summed E-state index contributed by atoms with van der Waals surface area (Å²) in [5.74, 6) is 0. The Kier molecular flexibility index (Phi) is 8.97. The van der Waals surface area contributed by atoms with Crippen molar-refractivity contribution >= 4 is 40.2 Å². The summed E-state index contributed by atoms with van der Waals surface area (Å²) in [6.45, 7) is 14.8. The van der Waals surface area contributed by atoms with Gasteiger partial charge >= 0.3 is 108 Å². The van der Waals surface area contributed by atoms with E-state index in [1.54, 1.807) is 26.6 Å². The molecule has 0 heterocycles. The van der Waals surface area contributed by atoms with E-state index < -0.39 is 34.1 Å². The van der Waals surface area contributed by atoms with E-state index in [1.165, 1.54) is 0 Å². The topological polar surface area (TPSA) is 0 Å². The van der Waals surface area contributed by atoms with E-state index in [4.69, 9.17) is 0 Å². The zero-order valence-electron chi connectivity index (χ0n) is 11.5. The molecule has 0 atom stereocenters. The number of halogens is 2. The summed E-state index contributed by atoms with van der Waals surface area (Å²) in [4.78, 5) is 0. The van der Waals surface area contributed by atoms with Gasteiger partial charge in [0.25, 0.3) is 0 Å². The van der Waals surface area contributed by atoms with Gasteiger partial charge in [0, 0.05) is 0 Å². The van der Waals surface area contributed by atoms with Crippen LogP contribution in [0.4, 0.5) is 0 Å². The van der Waals surface area contributed by atoms with Gasteiger partial charge in [0.15, 0.2) is 0 Å². The van der Waals surface area contributed by atoms with Crippen molar-refractivity contribution in [1.82, 2.24) is 0 Å². The van der Waals surface area contributed by atoms with E-state index in [-0.39, 0.29) is 0 Å². The van der Waals surface area contributed by atoms with Crippen LogP contribution < -0.4 is 0 Å². The molecule has 0 aliphatic heterocycles. The van der Waals surface area contributed by atoms with Crippen molar-refractivity contribution in [2.45, 2.75) is 41.5 Å². The summed E-state index contributed by atoms with van der Waals surface area (Å²) in [5.41, 5.74) is 0. The first-order valence-corrected chi connectivity index (χ1v) is 22.6. The molecule has 0 N–H and O–H groups in total. The minimum absolute atomic E-state index is 1.48. The molecule has 0 saturated carbocycles. The van der Waals surface area contributed by atoms with Crippen LogP contribution in [0.1, 0.15) is 41.5 Å². The zero-order valence-corrected chi connectivity index (χ0v) is 16.9. The Balaban J connectivity index is 4.74. The second-order valence-corrected chi connectivity index (χ2v) is 43.3. The van der Waals surface area contributed by atoms with Crippen molar-refractivity contribution in [2.75, 3.05) is 26.6 Å². The van der Waals surface area contributed by atoms with Crippen LogP contribution in [-0.4, -0.2) is 26.6 Å². The first-order valence-electron chi connectivity index (χ1n) is 6.31. The second kappa shape index (κ2) is 8.01. The molecule has 0 spiro atoms. The molecule has 0 aliphatic rings. The van der Waals surface area contributed by atoms with Gasteiger partial charge in [-0.2, -0.15) is 0 Å². The Hall–Kier alpha value is 1.81. The SMILES string of the molecule is CC[IH](CC)(CC)S[IH](CC)(CC)CC. The van der Waals surface area contributed by atoms with Gasteiger partial charge in [0.1, 0.15) is 0 Å². The Morgan fingerprint density at radius 2 is 0.733 bits per heavy atom. The normalized spacial score (nSPS) is 15.3. The van der Waals surface area contributed by atoms with Gasteiger partial charge in [-0.15, -0.1) is 0 Å². The first kappa shape index (κ1) is 16.8. The van der Waals surface area contributed by atoms with Gasteiger partial charge in [-0.05, 0) is 0 Å². The molecule has 15 heavy (non-hydrogen) atoms. The van der Waals surface area contributed by atoms with Crippen LogP contribution in [0.2, 0.25) is 0 Å².